The van der Waals surface area contributed by atoms with Crippen molar-refractivity contribution in [1.82, 2.24) is 10.2 Å². The third-order valence-electron chi connectivity index (χ3n) is 3.34. The number of piperidine rings is 1. The summed E-state index contributed by atoms with van der Waals surface area (Å²) in [6.45, 7) is 2.36. The van der Waals surface area contributed by atoms with Crippen molar-refractivity contribution in [3.63, 3.8) is 0 Å². The van der Waals surface area contributed by atoms with Crippen molar-refractivity contribution in [2.45, 2.75) is 32.2 Å². The van der Waals surface area contributed by atoms with Gasteiger partial charge in [0.05, 0.1) is 12.5 Å². The van der Waals surface area contributed by atoms with Crippen LogP contribution in [0, 0.1) is 5.92 Å². The highest BCUT2D eigenvalue weighted by Gasteiger charge is 2.31. The molecule has 120 valence electrons. The van der Waals surface area contributed by atoms with E-state index >= 15 is 0 Å². The molecule has 1 aliphatic rings. The lowest BCUT2D eigenvalue weighted by atomic mass is 9.98. The van der Waals surface area contributed by atoms with Gasteiger partial charge in [-0.2, -0.15) is 0 Å². The van der Waals surface area contributed by atoms with E-state index in [1.807, 2.05) is 0 Å². The van der Waals surface area contributed by atoms with Crippen molar-refractivity contribution < 1.29 is 29.3 Å². The first-order valence-corrected chi connectivity index (χ1v) is 7.05. The highest BCUT2D eigenvalue weighted by Crippen LogP contribution is 2.18. The number of nitrogens with zero attached hydrogens (tertiary/aromatic N) is 1. The zero-order valence-corrected chi connectivity index (χ0v) is 12.1. The fraction of sp³-hybridized carbons (Fsp3) is 0.769. The van der Waals surface area contributed by atoms with Gasteiger partial charge in [-0.3, -0.25) is 4.79 Å². The first-order valence-electron chi connectivity index (χ1n) is 7.05. The number of hydrogen-bond donors (Lipinski definition) is 3. The number of amides is 2. The number of aliphatic hydroxyl groups is 1. The number of aliphatic hydroxyl groups excluding tert-OH is 1. The summed E-state index contributed by atoms with van der Waals surface area (Å²) in [5.41, 5.74) is 0. The van der Waals surface area contributed by atoms with Crippen LogP contribution >= 0.6 is 0 Å². The lowest BCUT2D eigenvalue weighted by molar-refractivity contribution is -0.149. The molecule has 0 radical (unpaired) electrons. The molecular formula is C13H22N2O6. The molecule has 2 amide bonds. The lowest BCUT2D eigenvalue weighted by Gasteiger charge is -2.32. The maximum Gasteiger partial charge on any atom is 0.326 e. The molecule has 8 heteroatoms. The summed E-state index contributed by atoms with van der Waals surface area (Å²) in [4.78, 5) is 36.1. The number of likely N-dealkylation sites (tertiary alicyclic amines) is 1. The summed E-state index contributed by atoms with van der Waals surface area (Å²) in [5.74, 6) is -1.90. The fourth-order valence-corrected chi connectivity index (χ4v) is 2.24. The number of nitrogens with one attached hydrogen (secondary N) is 1. The molecule has 8 nitrogen and oxygen atoms in total. The number of carboxylic acid groups (broad SMARTS) is 1. The number of hydrogen-bond acceptors (Lipinski definition) is 5. The van der Waals surface area contributed by atoms with E-state index in [1.165, 1.54) is 4.90 Å². The monoisotopic (exact) mass is 302 g/mol. The van der Waals surface area contributed by atoms with E-state index in [-0.39, 0.29) is 31.5 Å². The van der Waals surface area contributed by atoms with E-state index in [9.17, 15) is 14.4 Å². The van der Waals surface area contributed by atoms with E-state index in [0.717, 1.165) is 0 Å². The Balaban J connectivity index is 2.56. The number of carboxylic acids is 1. The predicted octanol–water partition coefficient (Wildman–Crippen LogP) is -0.193. The maximum atomic E-state index is 12.0. The number of carbonyl (C=O) groups excluding carboxylic acids is 2. The smallest absolute Gasteiger partial charge is 0.326 e. The molecule has 1 aliphatic heterocycles. The fourth-order valence-electron chi connectivity index (χ4n) is 2.24. The van der Waals surface area contributed by atoms with Gasteiger partial charge in [-0.1, -0.05) is 0 Å². The van der Waals surface area contributed by atoms with Crippen LogP contribution in [0.1, 0.15) is 26.2 Å². The highest BCUT2D eigenvalue weighted by molar-refractivity contribution is 5.83. The Bertz CT molecular complexity index is 387. The molecule has 0 aliphatic carbocycles. The van der Waals surface area contributed by atoms with Gasteiger partial charge in [-0.25, -0.2) is 9.59 Å². The maximum absolute atomic E-state index is 12.0. The quantitative estimate of drug-likeness (QED) is 0.585. The summed E-state index contributed by atoms with van der Waals surface area (Å²) < 4.78 is 4.94. The van der Waals surface area contributed by atoms with Gasteiger partial charge in [0.2, 0.25) is 0 Å². The molecule has 0 aromatic rings. The third kappa shape index (κ3) is 5.22. The Morgan fingerprint density at radius 1 is 1.43 bits per heavy atom. The molecule has 1 fully saturated rings. The summed E-state index contributed by atoms with van der Waals surface area (Å²) in [6.07, 6.45) is 1.26. The molecule has 0 spiro atoms. The van der Waals surface area contributed by atoms with Crippen LogP contribution in [0.15, 0.2) is 0 Å². The molecular weight excluding hydrogens is 280 g/mol. The Hall–Kier alpha value is -1.83. The topological polar surface area (TPSA) is 116 Å². The van der Waals surface area contributed by atoms with E-state index in [0.29, 0.717) is 26.0 Å². The zero-order chi connectivity index (χ0) is 15.8. The molecule has 3 N–H and O–H groups in total. The van der Waals surface area contributed by atoms with Crippen molar-refractivity contribution in [2.24, 2.45) is 5.92 Å². The van der Waals surface area contributed by atoms with Crippen LogP contribution in [-0.2, 0) is 14.3 Å². The van der Waals surface area contributed by atoms with Crippen LogP contribution in [0.5, 0.6) is 0 Å². The van der Waals surface area contributed by atoms with E-state index < -0.39 is 18.0 Å². The van der Waals surface area contributed by atoms with Crippen LogP contribution in [0.2, 0.25) is 0 Å². The molecule has 0 bridgehead atoms. The van der Waals surface area contributed by atoms with E-state index in [2.05, 4.69) is 5.32 Å². The molecule has 1 saturated heterocycles. The number of esters is 1. The Morgan fingerprint density at radius 3 is 2.71 bits per heavy atom. The molecule has 0 aromatic carbocycles. The Kier molecular flexibility index (Phi) is 6.93. The molecule has 0 aromatic heterocycles. The SMILES string of the molecule is CCOC(=O)C1CCCN(C(=O)N[C@@H](CCO)C(=O)O)C1. The van der Waals surface area contributed by atoms with Gasteiger partial charge in [-0.05, 0) is 19.8 Å². The average molecular weight is 302 g/mol. The van der Waals surface area contributed by atoms with Gasteiger partial charge < -0.3 is 25.2 Å². The second kappa shape index (κ2) is 8.46. The van der Waals surface area contributed by atoms with Crippen LogP contribution in [-0.4, -0.2) is 65.4 Å². The summed E-state index contributed by atoms with van der Waals surface area (Å²) in [7, 11) is 0. The van der Waals surface area contributed by atoms with E-state index in [1.54, 1.807) is 6.92 Å². The Morgan fingerprint density at radius 2 is 2.14 bits per heavy atom. The molecule has 1 unspecified atom stereocenters. The van der Waals surface area contributed by atoms with Gasteiger partial charge in [0, 0.05) is 26.1 Å². The molecule has 21 heavy (non-hydrogen) atoms. The zero-order valence-electron chi connectivity index (χ0n) is 12.1. The minimum atomic E-state index is -1.20. The number of rotatable bonds is 6. The predicted molar refractivity (Wildman–Crippen MR) is 72.6 cm³/mol. The third-order valence-corrected chi connectivity index (χ3v) is 3.34. The van der Waals surface area contributed by atoms with Crippen LogP contribution < -0.4 is 5.32 Å². The van der Waals surface area contributed by atoms with Crippen molar-refractivity contribution >= 4 is 18.0 Å². The van der Waals surface area contributed by atoms with Crippen molar-refractivity contribution in [2.75, 3.05) is 26.3 Å². The summed E-state index contributed by atoms with van der Waals surface area (Å²) in [5, 5.41) is 20.1. The minimum absolute atomic E-state index is 0.0593. The number of urea groups is 1. The molecule has 1 rings (SSSR count). The summed E-state index contributed by atoms with van der Waals surface area (Å²) >= 11 is 0. The average Bonchev–Trinajstić information content (AvgIpc) is 2.47. The second-order valence-corrected chi connectivity index (χ2v) is 4.89. The van der Waals surface area contributed by atoms with Gasteiger partial charge in [0.25, 0.3) is 0 Å². The van der Waals surface area contributed by atoms with E-state index in [4.69, 9.17) is 14.9 Å². The largest absolute Gasteiger partial charge is 0.480 e. The van der Waals surface area contributed by atoms with Gasteiger partial charge in [0.15, 0.2) is 0 Å². The van der Waals surface area contributed by atoms with Gasteiger partial charge in [-0.15, -0.1) is 0 Å². The van der Waals surface area contributed by atoms with Crippen LogP contribution in [0.4, 0.5) is 4.79 Å². The van der Waals surface area contributed by atoms with Crippen molar-refractivity contribution in [1.29, 1.82) is 0 Å². The standard InChI is InChI=1S/C13H22N2O6/c1-2-21-12(19)9-4-3-6-15(8-9)13(20)14-10(5-7-16)11(17)18/h9-10,16H,2-8H2,1H3,(H,14,20)(H,17,18)/t9?,10-/m0/s1. The number of carbonyl (C=O) groups is 3. The molecule has 2 atom stereocenters. The highest BCUT2D eigenvalue weighted by atomic mass is 16.5. The Labute approximate surface area is 123 Å². The van der Waals surface area contributed by atoms with Crippen molar-refractivity contribution in [3.8, 4) is 0 Å². The number of aliphatic carboxylic acids is 1. The lowest BCUT2D eigenvalue weighted by Crippen LogP contribution is -2.52. The number of ether oxygens (including phenoxy) is 1. The normalized spacial score (nSPS) is 19.7. The molecule has 1 heterocycles. The summed E-state index contributed by atoms with van der Waals surface area (Å²) in [6, 6.07) is -1.67. The van der Waals surface area contributed by atoms with Crippen LogP contribution in [0.3, 0.4) is 0 Å². The van der Waals surface area contributed by atoms with Gasteiger partial charge in [0.1, 0.15) is 6.04 Å². The first-order chi connectivity index (χ1) is 9.99. The minimum Gasteiger partial charge on any atom is -0.480 e. The van der Waals surface area contributed by atoms with Crippen LogP contribution in [0.25, 0.3) is 0 Å². The second-order valence-electron chi connectivity index (χ2n) is 4.89. The molecule has 0 saturated carbocycles. The van der Waals surface area contributed by atoms with Gasteiger partial charge >= 0.3 is 18.0 Å². The first kappa shape index (κ1) is 17.2. The van der Waals surface area contributed by atoms with Crippen molar-refractivity contribution in [3.05, 3.63) is 0 Å².